The van der Waals surface area contributed by atoms with E-state index in [1.54, 1.807) is 11.6 Å². The molecule has 5 heteroatoms. The molecule has 1 saturated carbocycles. The largest absolute Gasteiger partial charge is 0.305 e. The van der Waals surface area contributed by atoms with Gasteiger partial charge in [-0.25, -0.2) is 11.6 Å². The Morgan fingerprint density at radius 3 is 2.63 bits per heavy atom. The highest BCUT2D eigenvalue weighted by molar-refractivity contribution is 5.89. The predicted octanol–water partition coefficient (Wildman–Crippen LogP) is 3.16. The number of hydrogen-bond donors (Lipinski definition) is 0. The van der Waals surface area contributed by atoms with Crippen LogP contribution in [-0.4, -0.2) is 21.4 Å². The molecule has 0 aliphatic heterocycles. The van der Waals surface area contributed by atoms with E-state index < -0.39 is 11.5 Å². The maximum Gasteiger partial charge on any atom is 0.282 e. The lowest BCUT2D eigenvalue weighted by atomic mass is 9.55. The number of carbonyl (C=O) groups is 1. The SMILES string of the molecule is [C-]#[N+]C1C[C@]2(C)c3nc(-c4ccccc4)n(C)c(=O)c3CC[C@H]2[C@H](C)C1=O. The third-order valence-electron chi connectivity index (χ3n) is 6.63. The van der Waals surface area contributed by atoms with Crippen LogP contribution in [0.25, 0.3) is 16.2 Å². The zero-order chi connectivity index (χ0) is 19.3. The van der Waals surface area contributed by atoms with Crippen LogP contribution >= 0.6 is 0 Å². The van der Waals surface area contributed by atoms with E-state index in [1.165, 1.54) is 0 Å². The Morgan fingerprint density at radius 1 is 1.26 bits per heavy atom. The van der Waals surface area contributed by atoms with E-state index in [1.807, 2.05) is 37.3 Å². The third-order valence-corrected chi connectivity index (χ3v) is 6.63. The van der Waals surface area contributed by atoms with Crippen LogP contribution in [0.1, 0.15) is 37.9 Å². The molecule has 138 valence electrons. The van der Waals surface area contributed by atoms with Gasteiger partial charge < -0.3 is 4.85 Å². The van der Waals surface area contributed by atoms with Gasteiger partial charge in [0.15, 0.2) is 0 Å². The van der Waals surface area contributed by atoms with E-state index >= 15 is 0 Å². The first-order valence-corrected chi connectivity index (χ1v) is 9.44. The van der Waals surface area contributed by atoms with Gasteiger partial charge in [0.05, 0.1) is 5.69 Å². The molecule has 0 bridgehead atoms. The van der Waals surface area contributed by atoms with Gasteiger partial charge in [0.2, 0.25) is 5.78 Å². The van der Waals surface area contributed by atoms with Crippen LogP contribution in [0.3, 0.4) is 0 Å². The van der Waals surface area contributed by atoms with Crippen molar-refractivity contribution in [3.8, 4) is 11.4 Å². The van der Waals surface area contributed by atoms with E-state index in [0.717, 1.165) is 23.2 Å². The second-order valence-corrected chi connectivity index (χ2v) is 8.10. The fraction of sp³-hybridized carbons (Fsp3) is 0.455. The summed E-state index contributed by atoms with van der Waals surface area (Å²) >= 11 is 0. The van der Waals surface area contributed by atoms with E-state index in [4.69, 9.17) is 11.6 Å². The van der Waals surface area contributed by atoms with Crippen LogP contribution in [-0.2, 0) is 23.7 Å². The van der Waals surface area contributed by atoms with Gasteiger partial charge in [0.25, 0.3) is 11.6 Å². The van der Waals surface area contributed by atoms with E-state index in [9.17, 15) is 9.59 Å². The Kier molecular flexibility index (Phi) is 4.03. The lowest BCUT2D eigenvalue weighted by Crippen LogP contribution is -2.53. The molecule has 27 heavy (non-hydrogen) atoms. The Hall–Kier alpha value is -2.74. The Morgan fingerprint density at radius 2 is 1.96 bits per heavy atom. The minimum absolute atomic E-state index is 0.0116. The molecular formula is C22H23N3O2. The minimum Gasteiger partial charge on any atom is -0.305 e. The zero-order valence-electron chi connectivity index (χ0n) is 15.9. The van der Waals surface area contributed by atoms with Gasteiger partial charge in [-0.3, -0.25) is 14.2 Å². The van der Waals surface area contributed by atoms with Crippen LogP contribution in [0.2, 0.25) is 0 Å². The van der Waals surface area contributed by atoms with Crippen LogP contribution in [0.15, 0.2) is 35.1 Å². The summed E-state index contributed by atoms with van der Waals surface area (Å²) in [6.45, 7) is 11.5. The number of ketones is 1. The first-order valence-electron chi connectivity index (χ1n) is 9.44. The average Bonchev–Trinajstić information content (AvgIpc) is 2.68. The average molecular weight is 361 g/mol. The summed E-state index contributed by atoms with van der Waals surface area (Å²) in [5.41, 5.74) is 2.01. The molecule has 2 aromatic rings. The van der Waals surface area contributed by atoms with Crippen molar-refractivity contribution in [2.45, 2.75) is 44.6 Å². The number of fused-ring (bicyclic) bond motifs is 3. The van der Waals surface area contributed by atoms with Crippen molar-refractivity contribution in [1.29, 1.82) is 0 Å². The maximum absolute atomic E-state index is 13.1. The van der Waals surface area contributed by atoms with Crippen LogP contribution in [0.5, 0.6) is 0 Å². The molecule has 0 saturated heterocycles. The summed E-state index contributed by atoms with van der Waals surface area (Å²) < 4.78 is 1.63. The molecule has 4 atom stereocenters. The van der Waals surface area contributed by atoms with Gasteiger partial charge in [-0.1, -0.05) is 44.2 Å². The van der Waals surface area contributed by atoms with Gasteiger partial charge in [0.1, 0.15) is 5.82 Å². The highest BCUT2D eigenvalue weighted by Gasteiger charge is 2.55. The van der Waals surface area contributed by atoms with Crippen molar-refractivity contribution in [1.82, 2.24) is 9.55 Å². The second-order valence-electron chi connectivity index (χ2n) is 8.10. The van der Waals surface area contributed by atoms with Crippen molar-refractivity contribution < 1.29 is 4.79 Å². The standard InChI is InChI=1S/C22H23N3O2/c1-13-16-11-10-15-19(22(16,2)12-17(23-3)18(13)26)24-20(25(4)21(15)27)14-8-6-5-7-9-14/h5-9,13,16-17H,10-12H2,1-2,4H3/t13-,16-,17?,22-/m0/s1. The van der Waals surface area contributed by atoms with E-state index in [-0.39, 0.29) is 23.2 Å². The Bertz CT molecular complexity index is 1020. The zero-order valence-corrected chi connectivity index (χ0v) is 15.9. The molecule has 0 spiro atoms. The van der Waals surface area contributed by atoms with Crippen molar-refractivity contribution in [2.24, 2.45) is 18.9 Å². The number of benzene rings is 1. The van der Waals surface area contributed by atoms with Gasteiger partial charge in [-0.05, 0) is 18.8 Å². The fourth-order valence-electron chi connectivity index (χ4n) is 5.15. The van der Waals surface area contributed by atoms with E-state index in [2.05, 4.69) is 11.8 Å². The monoisotopic (exact) mass is 361 g/mol. The number of aromatic nitrogens is 2. The Balaban J connectivity index is 1.95. The van der Waals surface area contributed by atoms with Crippen molar-refractivity contribution in [3.63, 3.8) is 0 Å². The number of hydrogen-bond acceptors (Lipinski definition) is 3. The molecule has 0 amide bonds. The quantitative estimate of drug-likeness (QED) is 0.733. The maximum atomic E-state index is 13.1. The number of nitrogens with zero attached hydrogens (tertiary/aromatic N) is 3. The number of carbonyl (C=O) groups excluding carboxylic acids is 1. The molecule has 1 heterocycles. The molecule has 0 N–H and O–H groups in total. The predicted molar refractivity (Wildman–Crippen MR) is 103 cm³/mol. The molecule has 5 nitrogen and oxygen atoms in total. The fourth-order valence-corrected chi connectivity index (χ4v) is 5.15. The van der Waals surface area contributed by atoms with Crippen LogP contribution < -0.4 is 5.56 Å². The van der Waals surface area contributed by atoms with Crippen molar-refractivity contribution in [3.05, 3.63) is 63.4 Å². The molecule has 2 aliphatic rings. The second kappa shape index (κ2) is 6.16. The first-order chi connectivity index (χ1) is 12.9. The lowest BCUT2D eigenvalue weighted by molar-refractivity contribution is -0.129. The number of Topliss-reactive ketones (excluding diaryl/α,β-unsaturated/α-hetero) is 1. The summed E-state index contributed by atoms with van der Waals surface area (Å²) in [5.74, 6) is 0.633. The molecule has 4 rings (SSSR count). The summed E-state index contributed by atoms with van der Waals surface area (Å²) in [4.78, 5) is 34.3. The smallest absolute Gasteiger partial charge is 0.282 e. The van der Waals surface area contributed by atoms with Crippen LogP contribution in [0, 0.1) is 18.4 Å². The van der Waals surface area contributed by atoms with Gasteiger partial charge in [-0.2, -0.15) is 0 Å². The molecule has 2 aliphatic carbocycles. The van der Waals surface area contributed by atoms with Gasteiger partial charge in [-0.15, -0.1) is 0 Å². The molecule has 1 aromatic heterocycles. The molecule has 0 radical (unpaired) electrons. The molecule has 1 aromatic carbocycles. The van der Waals surface area contributed by atoms with E-state index in [0.29, 0.717) is 18.7 Å². The van der Waals surface area contributed by atoms with Gasteiger partial charge >= 0.3 is 0 Å². The molecule has 1 unspecified atom stereocenters. The first kappa shape index (κ1) is 17.7. The summed E-state index contributed by atoms with van der Waals surface area (Å²) in [6, 6.07) is 9.06. The highest BCUT2D eigenvalue weighted by Crippen LogP contribution is 2.50. The summed E-state index contributed by atoms with van der Waals surface area (Å²) in [7, 11) is 1.77. The van der Waals surface area contributed by atoms with Crippen LogP contribution in [0.4, 0.5) is 0 Å². The summed E-state index contributed by atoms with van der Waals surface area (Å²) in [6.07, 6.45) is 1.89. The minimum atomic E-state index is -0.641. The highest BCUT2D eigenvalue weighted by atomic mass is 16.1. The third kappa shape index (κ3) is 2.47. The topological polar surface area (TPSA) is 56.3 Å². The molecule has 1 fully saturated rings. The van der Waals surface area contributed by atoms with Crippen molar-refractivity contribution >= 4 is 5.78 Å². The van der Waals surface area contributed by atoms with Gasteiger partial charge in [0, 0.05) is 35.9 Å². The number of rotatable bonds is 1. The summed E-state index contributed by atoms with van der Waals surface area (Å²) in [5, 5.41) is 0. The molecular weight excluding hydrogens is 338 g/mol. The normalized spacial score (nSPS) is 29.6. The lowest BCUT2D eigenvalue weighted by Gasteiger charge is -2.47. The Labute approximate surface area is 158 Å². The van der Waals surface area contributed by atoms with Crippen molar-refractivity contribution in [2.75, 3.05) is 0 Å².